The molecule has 108 valence electrons. The van der Waals surface area contributed by atoms with Crippen molar-refractivity contribution >= 4 is 10.0 Å². The summed E-state index contributed by atoms with van der Waals surface area (Å²) in [5.41, 5.74) is 2.02. The molecule has 1 fully saturated rings. The molecule has 0 spiro atoms. The van der Waals surface area contributed by atoms with Crippen molar-refractivity contribution in [2.24, 2.45) is 0 Å². The monoisotopic (exact) mass is 287 g/mol. The van der Waals surface area contributed by atoms with Gasteiger partial charge in [0.15, 0.2) is 0 Å². The third-order valence-corrected chi connectivity index (χ3v) is 4.97. The van der Waals surface area contributed by atoms with Crippen molar-refractivity contribution in [3.8, 4) is 0 Å². The van der Waals surface area contributed by atoms with Crippen molar-refractivity contribution < 1.29 is 12.9 Å². The third-order valence-electron chi connectivity index (χ3n) is 3.67. The van der Waals surface area contributed by atoms with E-state index in [4.69, 9.17) is 4.52 Å². The number of nitrogens with one attached hydrogen (secondary N) is 1. The predicted molar refractivity (Wildman–Crippen MR) is 72.3 cm³/mol. The summed E-state index contributed by atoms with van der Waals surface area (Å²) in [7, 11) is -3.04. The highest BCUT2D eigenvalue weighted by Gasteiger charge is 2.24. The molecule has 7 heteroatoms. The standard InChI is InChI=1S/C12H21N3O3S/c1-9-12(10(2)18-14-9)8-13-11-4-6-15(7-5-11)19(3,16)17/h11,13H,4-8H2,1-3H3. The summed E-state index contributed by atoms with van der Waals surface area (Å²) in [4.78, 5) is 0. The Hall–Kier alpha value is -0.920. The molecule has 2 heterocycles. The van der Waals surface area contributed by atoms with Gasteiger partial charge in [-0.05, 0) is 26.7 Å². The first-order valence-electron chi connectivity index (χ1n) is 6.48. The lowest BCUT2D eigenvalue weighted by Crippen LogP contribution is -2.44. The van der Waals surface area contributed by atoms with Crippen LogP contribution in [0.1, 0.15) is 29.9 Å². The quantitative estimate of drug-likeness (QED) is 0.886. The number of nitrogens with zero attached hydrogens (tertiary/aromatic N) is 2. The molecule has 1 aromatic heterocycles. The summed E-state index contributed by atoms with van der Waals surface area (Å²) in [5, 5.41) is 7.38. The van der Waals surface area contributed by atoms with Gasteiger partial charge in [-0.3, -0.25) is 0 Å². The molecule has 0 aromatic carbocycles. The summed E-state index contributed by atoms with van der Waals surface area (Å²) in [6.07, 6.45) is 2.96. The second-order valence-electron chi connectivity index (χ2n) is 5.12. The maximum atomic E-state index is 11.4. The predicted octanol–water partition coefficient (Wildman–Crippen LogP) is 0.805. The second kappa shape index (κ2) is 5.60. The van der Waals surface area contributed by atoms with Gasteiger partial charge in [-0.1, -0.05) is 5.16 Å². The number of hydrogen-bond donors (Lipinski definition) is 1. The van der Waals surface area contributed by atoms with Crippen LogP contribution in [-0.4, -0.2) is 43.3 Å². The smallest absolute Gasteiger partial charge is 0.211 e. The minimum Gasteiger partial charge on any atom is -0.361 e. The summed E-state index contributed by atoms with van der Waals surface area (Å²) in [6, 6.07) is 0.353. The van der Waals surface area contributed by atoms with E-state index in [0.29, 0.717) is 19.1 Å². The van der Waals surface area contributed by atoms with Gasteiger partial charge in [0.1, 0.15) is 5.76 Å². The molecule has 0 bridgehead atoms. The lowest BCUT2D eigenvalue weighted by Gasteiger charge is -2.30. The molecule has 1 saturated heterocycles. The molecule has 0 unspecified atom stereocenters. The van der Waals surface area contributed by atoms with Gasteiger partial charge in [-0.15, -0.1) is 0 Å². The van der Waals surface area contributed by atoms with Gasteiger partial charge in [0.05, 0.1) is 11.9 Å². The van der Waals surface area contributed by atoms with Crippen molar-refractivity contribution in [3.63, 3.8) is 0 Å². The van der Waals surface area contributed by atoms with E-state index in [1.807, 2.05) is 13.8 Å². The average molecular weight is 287 g/mol. The van der Waals surface area contributed by atoms with Gasteiger partial charge in [-0.2, -0.15) is 0 Å². The van der Waals surface area contributed by atoms with Crippen molar-refractivity contribution in [2.75, 3.05) is 19.3 Å². The SMILES string of the molecule is Cc1noc(C)c1CNC1CCN(S(C)(=O)=O)CC1. The molecular formula is C12H21N3O3S. The van der Waals surface area contributed by atoms with Crippen LogP contribution in [0.4, 0.5) is 0 Å². The summed E-state index contributed by atoms with van der Waals surface area (Å²) in [5.74, 6) is 0.846. The molecule has 0 saturated carbocycles. The minimum atomic E-state index is -3.04. The van der Waals surface area contributed by atoms with Crippen LogP contribution in [0.15, 0.2) is 4.52 Å². The van der Waals surface area contributed by atoms with Crippen LogP contribution in [0.25, 0.3) is 0 Å². The summed E-state index contributed by atoms with van der Waals surface area (Å²) >= 11 is 0. The number of hydrogen-bond acceptors (Lipinski definition) is 5. The summed E-state index contributed by atoms with van der Waals surface area (Å²) < 4.78 is 29.5. The fourth-order valence-electron chi connectivity index (χ4n) is 2.39. The molecule has 1 aliphatic rings. The van der Waals surface area contributed by atoms with Crippen LogP contribution in [0.3, 0.4) is 0 Å². The fourth-order valence-corrected chi connectivity index (χ4v) is 3.27. The fraction of sp³-hybridized carbons (Fsp3) is 0.750. The minimum absolute atomic E-state index is 0.353. The molecule has 2 rings (SSSR count). The van der Waals surface area contributed by atoms with E-state index < -0.39 is 10.0 Å². The van der Waals surface area contributed by atoms with Gasteiger partial charge in [0.2, 0.25) is 10.0 Å². The van der Waals surface area contributed by atoms with Gasteiger partial charge >= 0.3 is 0 Å². The number of piperidine rings is 1. The molecule has 0 atom stereocenters. The van der Waals surface area contributed by atoms with Crippen LogP contribution in [0.5, 0.6) is 0 Å². The molecule has 6 nitrogen and oxygen atoms in total. The first-order chi connectivity index (χ1) is 8.88. The molecule has 1 aliphatic heterocycles. The van der Waals surface area contributed by atoms with Crippen molar-refractivity contribution in [2.45, 2.75) is 39.3 Å². The molecule has 1 aromatic rings. The first-order valence-corrected chi connectivity index (χ1v) is 8.33. The zero-order valence-electron chi connectivity index (χ0n) is 11.6. The molecule has 0 radical (unpaired) electrons. The number of aromatic nitrogens is 1. The maximum absolute atomic E-state index is 11.4. The Kier molecular flexibility index (Phi) is 4.27. The van der Waals surface area contributed by atoms with Gasteiger partial charge in [0, 0.05) is 31.2 Å². The van der Waals surface area contributed by atoms with Crippen LogP contribution in [0.2, 0.25) is 0 Å². The van der Waals surface area contributed by atoms with Crippen LogP contribution in [0, 0.1) is 13.8 Å². The van der Waals surface area contributed by atoms with Crippen LogP contribution < -0.4 is 5.32 Å². The van der Waals surface area contributed by atoms with E-state index in [9.17, 15) is 8.42 Å². The van der Waals surface area contributed by atoms with Crippen LogP contribution >= 0.6 is 0 Å². The summed E-state index contributed by atoms with van der Waals surface area (Å²) in [6.45, 7) is 5.75. The van der Waals surface area contributed by atoms with E-state index in [1.165, 1.54) is 6.26 Å². The maximum Gasteiger partial charge on any atom is 0.211 e. The van der Waals surface area contributed by atoms with E-state index in [0.717, 1.165) is 36.4 Å². The molecule has 1 N–H and O–H groups in total. The highest BCUT2D eigenvalue weighted by molar-refractivity contribution is 7.88. The average Bonchev–Trinajstić information content (AvgIpc) is 2.66. The van der Waals surface area contributed by atoms with Crippen molar-refractivity contribution in [1.82, 2.24) is 14.8 Å². The molecule has 0 aliphatic carbocycles. The van der Waals surface area contributed by atoms with Gasteiger partial charge < -0.3 is 9.84 Å². The number of sulfonamides is 1. The van der Waals surface area contributed by atoms with E-state index in [2.05, 4.69) is 10.5 Å². The molecular weight excluding hydrogens is 266 g/mol. The number of aryl methyl sites for hydroxylation is 2. The Labute approximate surface area is 114 Å². The normalized spacial score (nSPS) is 18.9. The molecule has 0 amide bonds. The highest BCUT2D eigenvalue weighted by Crippen LogP contribution is 2.16. The largest absolute Gasteiger partial charge is 0.361 e. The topological polar surface area (TPSA) is 75.4 Å². The first kappa shape index (κ1) is 14.5. The van der Waals surface area contributed by atoms with Gasteiger partial charge in [-0.25, -0.2) is 12.7 Å². The van der Waals surface area contributed by atoms with Gasteiger partial charge in [0.25, 0.3) is 0 Å². The Bertz CT molecular complexity index is 511. The van der Waals surface area contributed by atoms with Crippen molar-refractivity contribution in [1.29, 1.82) is 0 Å². The lowest BCUT2D eigenvalue weighted by atomic mass is 10.1. The zero-order valence-corrected chi connectivity index (χ0v) is 12.5. The van der Waals surface area contributed by atoms with Crippen molar-refractivity contribution in [3.05, 3.63) is 17.0 Å². The molecule has 19 heavy (non-hydrogen) atoms. The van der Waals surface area contributed by atoms with E-state index >= 15 is 0 Å². The Morgan fingerprint density at radius 1 is 1.37 bits per heavy atom. The number of rotatable bonds is 4. The lowest BCUT2D eigenvalue weighted by molar-refractivity contribution is 0.289. The Morgan fingerprint density at radius 2 is 2.00 bits per heavy atom. The Balaban J connectivity index is 1.84. The highest BCUT2D eigenvalue weighted by atomic mass is 32.2. The second-order valence-corrected chi connectivity index (χ2v) is 7.10. The van der Waals surface area contributed by atoms with Crippen LogP contribution in [-0.2, 0) is 16.6 Å². The van der Waals surface area contributed by atoms with E-state index in [-0.39, 0.29) is 0 Å². The Morgan fingerprint density at radius 3 is 2.47 bits per heavy atom. The zero-order chi connectivity index (χ0) is 14.0. The van der Waals surface area contributed by atoms with E-state index in [1.54, 1.807) is 4.31 Å². The third kappa shape index (κ3) is 3.55.